The van der Waals surface area contributed by atoms with E-state index in [1.54, 1.807) is 31.2 Å². The summed E-state index contributed by atoms with van der Waals surface area (Å²) in [6, 6.07) is 15.5. The van der Waals surface area contributed by atoms with Crippen LogP contribution in [0.5, 0.6) is 0 Å². The van der Waals surface area contributed by atoms with Gasteiger partial charge in [-0.1, -0.05) is 35.3 Å². The van der Waals surface area contributed by atoms with E-state index in [0.717, 1.165) is 10.4 Å². The number of hydrazone groups is 1. The maximum atomic E-state index is 12.3. The number of halogens is 2. The van der Waals surface area contributed by atoms with Crippen LogP contribution in [-0.2, 0) is 0 Å². The number of nitrogens with one attached hydrogen (secondary N) is 2. The smallest absolute Gasteiger partial charge is 0.272 e. The fraction of sp³-hybridized carbons (Fsp3) is 0.0952. The quantitative estimate of drug-likeness (QED) is 0.386. The molecule has 0 aliphatic heterocycles. The Hall–Kier alpha value is -2.67. The van der Waals surface area contributed by atoms with Crippen molar-refractivity contribution in [2.45, 2.75) is 13.8 Å². The summed E-state index contributed by atoms with van der Waals surface area (Å²) in [6.45, 7) is 3.71. The largest absolute Gasteiger partial charge is 0.321 e. The lowest BCUT2D eigenvalue weighted by atomic mass is 10.1. The third-order valence-electron chi connectivity index (χ3n) is 4.00. The number of aryl methyl sites for hydroxylation is 1. The summed E-state index contributed by atoms with van der Waals surface area (Å²) >= 11 is 13.3. The van der Waals surface area contributed by atoms with E-state index in [9.17, 15) is 9.59 Å². The van der Waals surface area contributed by atoms with Crippen LogP contribution in [-0.4, -0.2) is 17.5 Å². The van der Waals surface area contributed by atoms with Crippen molar-refractivity contribution in [1.29, 1.82) is 0 Å². The lowest BCUT2D eigenvalue weighted by Gasteiger charge is -2.08. The van der Waals surface area contributed by atoms with Crippen LogP contribution in [0.1, 0.15) is 37.4 Å². The molecule has 148 valence electrons. The highest BCUT2D eigenvalue weighted by Gasteiger charge is 2.11. The summed E-state index contributed by atoms with van der Waals surface area (Å²) < 4.78 is 0. The van der Waals surface area contributed by atoms with Crippen LogP contribution in [0.2, 0.25) is 10.0 Å². The molecule has 3 aromatic rings. The molecule has 0 saturated heterocycles. The van der Waals surface area contributed by atoms with Gasteiger partial charge in [0.15, 0.2) is 0 Å². The van der Waals surface area contributed by atoms with E-state index < -0.39 is 5.91 Å². The van der Waals surface area contributed by atoms with Gasteiger partial charge in [-0.25, -0.2) is 5.43 Å². The third-order valence-corrected chi connectivity index (χ3v) is 5.55. The number of amides is 2. The number of anilines is 1. The molecule has 0 spiro atoms. The second-order valence-electron chi connectivity index (χ2n) is 6.21. The predicted molar refractivity (Wildman–Crippen MR) is 120 cm³/mol. The first-order chi connectivity index (χ1) is 13.8. The Bertz CT molecular complexity index is 1110. The van der Waals surface area contributed by atoms with Crippen molar-refractivity contribution in [1.82, 2.24) is 5.43 Å². The molecule has 8 heteroatoms. The summed E-state index contributed by atoms with van der Waals surface area (Å²) in [6.07, 6.45) is 0. The van der Waals surface area contributed by atoms with Crippen LogP contribution in [0.25, 0.3) is 0 Å². The standard InChI is InChI=1S/C21H17Cl2N3O2S/c1-12-6-9-19(29-12)21(28)24-16-5-3-4-14(10-16)13(2)25-26-20(27)17-8-7-15(22)11-18(17)23/h3-11H,1-2H3,(H,24,28)(H,26,27). The SMILES string of the molecule is CC(=NNC(=O)c1ccc(Cl)cc1Cl)c1cccc(NC(=O)c2ccc(C)s2)c1. The molecular formula is C21H17Cl2N3O2S. The Labute approximate surface area is 182 Å². The number of thiophene rings is 1. The Kier molecular flexibility index (Phi) is 6.69. The van der Waals surface area contributed by atoms with Crippen LogP contribution in [0, 0.1) is 6.92 Å². The summed E-state index contributed by atoms with van der Waals surface area (Å²) in [7, 11) is 0. The zero-order valence-corrected chi connectivity index (χ0v) is 18.0. The van der Waals surface area contributed by atoms with Crippen molar-refractivity contribution in [3.05, 3.63) is 85.5 Å². The molecule has 0 aliphatic carbocycles. The van der Waals surface area contributed by atoms with Crippen molar-refractivity contribution in [2.75, 3.05) is 5.32 Å². The molecule has 0 fully saturated rings. The second kappa shape index (κ2) is 9.22. The van der Waals surface area contributed by atoms with Crippen molar-refractivity contribution >= 4 is 57.8 Å². The maximum Gasteiger partial charge on any atom is 0.272 e. The van der Waals surface area contributed by atoms with Gasteiger partial charge in [0.1, 0.15) is 0 Å². The molecule has 2 N–H and O–H groups in total. The van der Waals surface area contributed by atoms with Gasteiger partial charge in [-0.3, -0.25) is 9.59 Å². The summed E-state index contributed by atoms with van der Waals surface area (Å²) in [4.78, 5) is 26.3. The van der Waals surface area contributed by atoms with Gasteiger partial charge in [-0.15, -0.1) is 11.3 Å². The molecule has 2 amide bonds. The zero-order chi connectivity index (χ0) is 21.0. The lowest BCUT2D eigenvalue weighted by molar-refractivity contribution is 0.0954. The second-order valence-corrected chi connectivity index (χ2v) is 8.34. The van der Waals surface area contributed by atoms with Gasteiger partial charge in [0.05, 0.1) is 21.2 Å². The highest BCUT2D eigenvalue weighted by Crippen LogP contribution is 2.21. The van der Waals surface area contributed by atoms with Gasteiger partial charge in [0.2, 0.25) is 0 Å². The zero-order valence-electron chi connectivity index (χ0n) is 15.6. The number of benzene rings is 2. The Morgan fingerprint density at radius 2 is 1.79 bits per heavy atom. The molecule has 2 aromatic carbocycles. The first-order valence-electron chi connectivity index (χ1n) is 8.61. The first-order valence-corrected chi connectivity index (χ1v) is 10.2. The molecule has 0 bridgehead atoms. The Morgan fingerprint density at radius 3 is 2.48 bits per heavy atom. The summed E-state index contributed by atoms with van der Waals surface area (Å²) in [5, 5.41) is 7.69. The van der Waals surface area contributed by atoms with E-state index >= 15 is 0 Å². The summed E-state index contributed by atoms with van der Waals surface area (Å²) in [5.41, 5.74) is 4.73. The van der Waals surface area contributed by atoms with E-state index in [2.05, 4.69) is 15.8 Å². The van der Waals surface area contributed by atoms with Crippen molar-refractivity contribution < 1.29 is 9.59 Å². The number of carbonyl (C=O) groups is 2. The minimum atomic E-state index is -0.441. The van der Waals surface area contributed by atoms with Gasteiger partial charge in [0, 0.05) is 15.6 Å². The molecule has 0 saturated carbocycles. The van der Waals surface area contributed by atoms with Crippen molar-refractivity contribution in [3.8, 4) is 0 Å². The minimum Gasteiger partial charge on any atom is -0.321 e. The highest BCUT2D eigenvalue weighted by molar-refractivity contribution is 7.14. The number of carbonyl (C=O) groups excluding carboxylic acids is 2. The van der Waals surface area contributed by atoms with E-state index in [4.69, 9.17) is 23.2 Å². The Morgan fingerprint density at radius 1 is 1.00 bits per heavy atom. The van der Waals surface area contributed by atoms with Gasteiger partial charge >= 0.3 is 0 Å². The number of hydrogen-bond donors (Lipinski definition) is 2. The van der Waals surface area contributed by atoms with Gasteiger partial charge < -0.3 is 5.32 Å². The first kappa shape index (κ1) is 21.0. The predicted octanol–water partition coefficient (Wildman–Crippen LogP) is 5.77. The number of hydrogen-bond acceptors (Lipinski definition) is 4. The normalized spacial score (nSPS) is 11.2. The molecule has 5 nitrogen and oxygen atoms in total. The van der Waals surface area contributed by atoms with Crippen LogP contribution in [0.4, 0.5) is 5.69 Å². The third kappa shape index (κ3) is 5.44. The van der Waals surface area contributed by atoms with Crippen LogP contribution in [0.3, 0.4) is 0 Å². The molecule has 29 heavy (non-hydrogen) atoms. The van der Waals surface area contributed by atoms with E-state index in [1.807, 2.05) is 25.1 Å². The van der Waals surface area contributed by atoms with Crippen LogP contribution < -0.4 is 10.7 Å². The van der Waals surface area contributed by atoms with Crippen LogP contribution >= 0.6 is 34.5 Å². The van der Waals surface area contributed by atoms with E-state index in [1.165, 1.54) is 23.5 Å². The molecule has 0 aliphatic rings. The van der Waals surface area contributed by atoms with Gasteiger partial charge in [-0.05, 0) is 61.9 Å². The van der Waals surface area contributed by atoms with Crippen LogP contribution in [0.15, 0.2) is 59.7 Å². The number of nitrogens with zero attached hydrogens (tertiary/aromatic N) is 1. The fourth-order valence-corrected chi connectivity index (χ4v) is 3.76. The fourth-order valence-electron chi connectivity index (χ4n) is 2.50. The van der Waals surface area contributed by atoms with Gasteiger partial charge in [0.25, 0.3) is 11.8 Å². The monoisotopic (exact) mass is 445 g/mol. The Balaban J connectivity index is 1.70. The minimum absolute atomic E-state index is 0.166. The van der Waals surface area contributed by atoms with Crippen molar-refractivity contribution in [3.63, 3.8) is 0 Å². The molecule has 0 radical (unpaired) electrons. The molecule has 3 rings (SSSR count). The molecule has 0 atom stereocenters. The van der Waals surface area contributed by atoms with E-state index in [-0.39, 0.29) is 16.5 Å². The topological polar surface area (TPSA) is 70.6 Å². The lowest BCUT2D eigenvalue weighted by Crippen LogP contribution is -2.19. The number of rotatable bonds is 5. The van der Waals surface area contributed by atoms with Crippen molar-refractivity contribution in [2.24, 2.45) is 5.10 Å². The van der Waals surface area contributed by atoms with E-state index in [0.29, 0.717) is 21.3 Å². The highest BCUT2D eigenvalue weighted by atomic mass is 35.5. The molecule has 1 aromatic heterocycles. The molecule has 0 unspecified atom stereocenters. The average molecular weight is 446 g/mol. The maximum absolute atomic E-state index is 12.3. The van der Waals surface area contributed by atoms with Gasteiger partial charge in [-0.2, -0.15) is 5.10 Å². The molecular weight excluding hydrogens is 429 g/mol. The summed E-state index contributed by atoms with van der Waals surface area (Å²) in [5.74, 6) is -0.607. The average Bonchev–Trinajstić information content (AvgIpc) is 3.12. The molecule has 1 heterocycles.